The van der Waals surface area contributed by atoms with Gasteiger partial charge in [0.05, 0.1) is 23.9 Å². The van der Waals surface area contributed by atoms with Crippen molar-refractivity contribution >= 4 is 0 Å². The van der Waals surface area contributed by atoms with E-state index in [4.69, 9.17) is 4.74 Å². The number of tetrazole rings is 1. The molecule has 3 atom stereocenters. The fourth-order valence-corrected chi connectivity index (χ4v) is 2.90. The Kier molecular flexibility index (Phi) is 3.98. The van der Waals surface area contributed by atoms with Crippen LogP contribution in [0.1, 0.15) is 32.6 Å². The van der Waals surface area contributed by atoms with E-state index in [0.717, 1.165) is 24.6 Å². The zero-order chi connectivity index (χ0) is 14.8. The molecule has 6 nitrogen and oxygen atoms in total. The number of nitrogens with zero attached hydrogens (tertiary/aromatic N) is 5. The Morgan fingerprint density at radius 2 is 1.81 bits per heavy atom. The normalized spacial score (nSPS) is 24.9. The van der Waals surface area contributed by atoms with Crippen LogP contribution in [0.25, 0.3) is 5.69 Å². The monoisotopic (exact) mass is 287 g/mol. The van der Waals surface area contributed by atoms with Crippen LogP contribution in [0, 0.1) is 0 Å². The second-order valence-corrected chi connectivity index (χ2v) is 5.67. The third kappa shape index (κ3) is 2.96. The smallest absolute Gasteiger partial charge is 0.173 e. The molecule has 1 fully saturated rings. The van der Waals surface area contributed by atoms with Gasteiger partial charge >= 0.3 is 0 Å². The summed E-state index contributed by atoms with van der Waals surface area (Å²) in [5, 5.41) is 12.2. The largest absolute Gasteiger partial charge is 0.373 e. The fourth-order valence-electron chi connectivity index (χ4n) is 2.90. The molecule has 0 bridgehead atoms. The molecule has 0 N–H and O–H groups in total. The summed E-state index contributed by atoms with van der Waals surface area (Å²) in [6.45, 7) is 8.15. The van der Waals surface area contributed by atoms with Crippen molar-refractivity contribution in [1.29, 1.82) is 0 Å². The van der Waals surface area contributed by atoms with E-state index >= 15 is 0 Å². The van der Waals surface area contributed by atoms with Crippen LogP contribution in [0.5, 0.6) is 0 Å². The lowest BCUT2D eigenvalue weighted by atomic mass is 10.1. The van der Waals surface area contributed by atoms with Crippen molar-refractivity contribution < 1.29 is 4.74 Å². The van der Waals surface area contributed by atoms with E-state index in [-0.39, 0.29) is 18.2 Å². The molecule has 112 valence electrons. The van der Waals surface area contributed by atoms with Crippen LogP contribution in [0.4, 0.5) is 0 Å². The summed E-state index contributed by atoms with van der Waals surface area (Å²) in [5.41, 5.74) is 0.985. The number of rotatable bonds is 3. The molecule has 21 heavy (non-hydrogen) atoms. The molecule has 2 aromatic rings. The van der Waals surface area contributed by atoms with E-state index in [2.05, 4.69) is 41.2 Å². The molecule has 0 amide bonds. The summed E-state index contributed by atoms with van der Waals surface area (Å²) in [6, 6.07) is 10.1. The van der Waals surface area contributed by atoms with Gasteiger partial charge < -0.3 is 4.74 Å². The Bertz CT molecular complexity index is 575. The summed E-state index contributed by atoms with van der Waals surface area (Å²) in [7, 11) is 0. The molecule has 1 aromatic carbocycles. The molecule has 6 heteroatoms. The van der Waals surface area contributed by atoms with Crippen LogP contribution in [-0.2, 0) is 4.74 Å². The minimum absolute atomic E-state index is 0.147. The third-order valence-electron chi connectivity index (χ3n) is 3.86. The van der Waals surface area contributed by atoms with Gasteiger partial charge in [0.25, 0.3) is 0 Å². The van der Waals surface area contributed by atoms with Gasteiger partial charge in [0, 0.05) is 13.1 Å². The highest BCUT2D eigenvalue weighted by Gasteiger charge is 2.29. The number of morpholine rings is 1. The second kappa shape index (κ2) is 5.91. The van der Waals surface area contributed by atoms with Gasteiger partial charge in [0.1, 0.15) is 0 Å². The summed E-state index contributed by atoms with van der Waals surface area (Å²) < 4.78 is 7.61. The van der Waals surface area contributed by atoms with Gasteiger partial charge in [0.2, 0.25) is 0 Å². The standard InChI is InChI=1S/C15H21N5O/c1-11-9-19(10-12(2)21-11)13(3)15-16-17-18-20(15)14-7-5-4-6-8-14/h4-8,11-13H,9-10H2,1-3H3. The molecular formula is C15H21N5O. The molecule has 1 saturated heterocycles. The van der Waals surface area contributed by atoms with Crippen molar-refractivity contribution in [2.45, 2.75) is 39.0 Å². The first-order chi connectivity index (χ1) is 10.1. The predicted molar refractivity (Wildman–Crippen MR) is 79.2 cm³/mol. The highest BCUT2D eigenvalue weighted by atomic mass is 16.5. The molecule has 1 aliphatic rings. The van der Waals surface area contributed by atoms with Crippen molar-refractivity contribution in [2.75, 3.05) is 13.1 Å². The number of benzene rings is 1. The number of ether oxygens (including phenoxy) is 1. The van der Waals surface area contributed by atoms with Crippen molar-refractivity contribution in [2.24, 2.45) is 0 Å². The SMILES string of the molecule is CC1CN(C(C)c2nnnn2-c2ccccc2)CC(C)O1. The number of para-hydroxylation sites is 1. The summed E-state index contributed by atoms with van der Waals surface area (Å²) in [5.74, 6) is 0.863. The Morgan fingerprint density at radius 3 is 2.48 bits per heavy atom. The van der Waals surface area contributed by atoms with Crippen LogP contribution < -0.4 is 0 Å². The van der Waals surface area contributed by atoms with E-state index in [9.17, 15) is 0 Å². The topological polar surface area (TPSA) is 56.1 Å². The minimum atomic E-state index is 0.147. The lowest BCUT2D eigenvalue weighted by Gasteiger charge is -2.38. The van der Waals surface area contributed by atoms with Crippen molar-refractivity contribution in [3.8, 4) is 5.69 Å². The molecule has 1 aliphatic heterocycles. The molecule has 0 saturated carbocycles. The molecule has 0 radical (unpaired) electrons. The summed E-state index contributed by atoms with van der Waals surface area (Å²) in [6.07, 6.45) is 0.467. The lowest BCUT2D eigenvalue weighted by Crippen LogP contribution is -2.46. The fraction of sp³-hybridized carbons (Fsp3) is 0.533. The first-order valence-corrected chi connectivity index (χ1v) is 7.38. The molecule has 0 aliphatic carbocycles. The second-order valence-electron chi connectivity index (χ2n) is 5.67. The highest BCUT2D eigenvalue weighted by molar-refractivity contribution is 5.30. The summed E-state index contributed by atoms with van der Waals surface area (Å²) in [4.78, 5) is 2.38. The maximum absolute atomic E-state index is 5.80. The Morgan fingerprint density at radius 1 is 1.14 bits per heavy atom. The molecule has 2 heterocycles. The molecule has 3 rings (SSSR count). The van der Waals surface area contributed by atoms with Gasteiger partial charge in [-0.1, -0.05) is 18.2 Å². The van der Waals surface area contributed by atoms with Crippen molar-refractivity contribution in [3.05, 3.63) is 36.2 Å². The van der Waals surface area contributed by atoms with Gasteiger partial charge in [-0.2, -0.15) is 4.68 Å². The van der Waals surface area contributed by atoms with E-state index in [1.165, 1.54) is 0 Å². The third-order valence-corrected chi connectivity index (χ3v) is 3.86. The number of hydrogen-bond acceptors (Lipinski definition) is 5. The van der Waals surface area contributed by atoms with E-state index in [1.54, 1.807) is 0 Å². The predicted octanol–water partition coefficient (Wildman–Crippen LogP) is 1.83. The molecule has 1 aromatic heterocycles. The van der Waals surface area contributed by atoms with Gasteiger partial charge in [-0.25, -0.2) is 0 Å². The Balaban J connectivity index is 1.86. The lowest BCUT2D eigenvalue weighted by molar-refractivity contribution is -0.0800. The quantitative estimate of drug-likeness (QED) is 0.862. The van der Waals surface area contributed by atoms with E-state index in [1.807, 2.05) is 35.0 Å². The van der Waals surface area contributed by atoms with Gasteiger partial charge in [-0.05, 0) is 43.3 Å². The maximum atomic E-state index is 5.80. The van der Waals surface area contributed by atoms with Crippen LogP contribution in [0.15, 0.2) is 30.3 Å². The first kappa shape index (κ1) is 14.2. The highest BCUT2D eigenvalue weighted by Crippen LogP contribution is 2.24. The average molecular weight is 287 g/mol. The van der Waals surface area contributed by atoms with E-state index in [0.29, 0.717) is 0 Å². The molecule has 0 spiro atoms. The summed E-state index contributed by atoms with van der Waals surface area (Å²) >= 11 is 0. The van der Waals surface area contributed by atoms with Gasteiger partial charge in [-0.15, -0.1) is 5.10 Å². The Labute approximate surface area is 124 Å². The maximum Gasteiger partial charge on any atom is 0.173 e. The van der Waals surface area contributed by atoms with Crippen LogP contribution in [-0.4, -0.2) is 50.4 Å². The van der Waals surface area contributed by atoms with Gasteiger partial charge in [-0.3, -0.25) is 4.90 Å². The van der Waals surface area contributed by atoms with Gasteiger partial charge in [0.15, 0.2) is 5.82 Å². The Hall–Kier alpha value is -1.79. The van der Waals surface area contributed by atoms with Crippen molar-refractivity contribution in [1.82, 2.24) is 25.1 Å². The number of hydrogen-bond donors (Lipinski definition) is 0. The zero-order valence-corrected chi connectivity index (χ0v) is 12.7. The minimum Gasteiger partial charge on any atom is -0.373 e. The van der Waals surface area contributed by atoms with E-state index < -0.39 is 0 Å². The van der Waals surface area contributed by atoms with Crippen LogP contribution in [0.3, 0.4) is 0 Å². The van der Waals surface area contributed by atoms with Crippen LogP contribution >= 0.6 is 0 Å². The zero-order valence-electron chi connectivity index (χ0n) is 12.7. The average Bonchev–Trinajstić information content (AvgIpc) is 2.95. The van der Waals surface area contributed by atoms with Crippen LogP contribution in [0.2, 0.25) is 0 Å². The number of aromatic nitrogens is 4. The van der Waals surface area contributed by atoms with Crippen molar-refractivity contribution in [3.63, 3.8) is 0 Å². The molecular weight excluding hydrogens is 266 g/mol. The first-order valence-electron chi connectivity index (χ1n) is 7.38. The molecule has 3 unspecified atom stereocenters.